The molecule has 3 heteroatoms. The molecule has 0 aliphatic heterocycles. The second kappa shape index (κ2) is 5.76. The standard InChI is InChI=1S/C12H16ClNO/c1-3-9(2)14-12(15)8-10-4-6-11(13)7-5-10/h4-7,9H,3,8H2,1-2H3,(H,14,15)/t9-/m1/s1. The fourth-order valence-corrected chi connectivity index (χ4v) is 1.34. The molecule has 1 atom stereocenters. The Bertz CT molecular complexity index is 321. The molecular weight excluding hydrogens is 210 g/mol. The Morgan fingerprint density at radius 1 is 1.40 bits per heavy atom. The lowest BCUT2D eigenvalue weighted by Gasteiger charge is -2.11. The second-order valence-electron chi connectivity index (χ2n) is 3.68. The first-order chi connectivity index (χ1) is 7.11. The van der Waals surface area contributed by atoms with E-state index in [1.165, 1.54) is 0 Å². The summed E-state index contributed by atoms with van der Waals surface area (Å²) < 4.78 is 0. The first-order valence-corrected chi connectivity index (χ1v) is 5.53. The predicted octanol–water partition coefficient (Wildman–Crippen LogP) is 2.80. The molecule has 0 aliphatic carbocycles. The van der Waals surface area contributed by atoms with Gasteiger partial charge in [0.1, 0.15) is 0 Å². The van der Waals surface area contributed by atoms with E-state index in [4.69, 9.17) is 11.6 Å². The number of carbonyl (C=O) groups is 1. The third-order valence-corrected chi connectivity index (χ3v) is 2.55. The Morgan fingerprint density at radius 3 is 2.53 bits per heavy atom. The summed E-state index contributed by atoms with van der Waals surface area (Å²) in [5, 5.41) is 3.62. The SMILES string of the molecule is CC[C@@H](C)NC(=O)Cc1ccc(Cl)cc1. The zero-order valence-corrected chi connectivity index (χ0v) is 9.84. The van der Waals surface area contributed by atoms with Crippen molar-refractivity contribution in [3.05, 3.63) is 34.9 Å². The molecule has 0 saturated carbocycles. The summed E-state index contributed by atoms with van der Waals surface area (Å²) in [6.07, 6.45) is 1.37. The van der Waals surface area contributed by atoms with Crippen molar-refractivity contribution in [2.75, 3.05) is 0 Å². The normalized spacial score (nSPS) is 12.2. The largest absolute Gasteiger partial charge is 0.353 e. The molecule has 0 aromatic heterocycles. The second-order valence-corrected chi connectivity index (χ2v) is 4.12. The van der Waals surface area contributed by atoms with Crippen molar-refractivity contribution in [1.29, 1.82) is 0 Å². The van der Waals surface area contributed by atoms with E-state index >= 15 is 0 Å². The highest BCUT2D eigenvalue weighted by molar-refractivity contribution is 6.30. The molecule has 82 valence electrons. The van der Waals surface area contributed by atoms with Crippen LogP contribution in [0.3, 0.4) is 0 Å². The quantitative estimate of drug-likeness (QED) is 0.839. The molecule has 1 N–H and O–H groups in total. The molecule has 1 amide bonds. The summed E-state index contributed by atoms with van der Waals surface area (Å²) in [5.41, 5.74) is 0.986. The zero-order chi connectivity index (χ0) is 11.3. The van der Waals surface area contributed by atoms with Crippen molar-refractivity contribution in [2.24, 2.45) is 0 Å². The van der Waals surface area contributed by atoms with E-state index in [9.17, 15) is 4.79 Å². The van der Waals surface area contributed by atoms with Gasteiger partial charge in [-0.2, -0.15) is 0 Å². The third kappa shape index (κ3) is 4.34. The van der Waals surface area contributed by atoms with Crippen LogP contribution in [0.2, 0.25) is 5.02 Å². The number of nitrogens with one attached hydrogen (secondary N) is 1. The van der Waals surface area contributed by atoms with E-state index in [2.05, 4.69) is 5.32 Å². The Hall–Kier alpha value is -1.02. The fourth-order valence-electron chi connectivity index (χ4n) is 1.22. The van der Waals surface area contributed by atoms with Crippen molar-refractivity contribution in [2.45, 2.75) is 32.7 Å². The maximum atomic E-state index is 11.5. The lowest BCUT2D eigenvalue weighted by molar-refractivity contribution is -0.121. The lowest BCUT2D eigenvalue weighted by Crippen LogP contribution is -2.33. The Balaban J connectivity index is 2.48. The summed E-state index contributed by atoms with van der Waals surface area (Å²) >= 11 is 5.75. The number of benzene rings is 1. The maximum absolute atomic E-state index is 11.5. The summed E-state index contributed by atoms with van der Waals surface area (Å²) in [6, 6.07) is 7.59. The summed E-state index contributed by atoms with van der Waals surface area (Å²) in [4.78, 5) is 11.5. The van der Waals surface area contributed by atoms with E-state index in [-0.39, 0.29) is 11.9 Å². The average molecular weight is 226 g/mol. The van der Waals surface area contributed by atoms with Crippen molar-refractivity contribution >= 4 is 17.5 Å². The van der Waals surface area contributed by atoms with Crippen LogP contribution < -0.4 is 5.32 Å². The fraction of sp³-hybridized carbons (Fsp3) is 0.417. The Morgan fingerprint density at radius 2 is 2.00 bits per heavy atom. The van der Waals surface area contributed by atoms with Gasteiger partial charge in [0, 0.05) is 11.1 Å². The number of hydrogen-bond acceptors (Lipinski definition) is 1. The minimum atomic E-state index is 0.0617. The van der Waals surface area contributed by atoms with Gasteiger partial charge < -0.3 is 5.32 Å². The average Bonchev–Trinajstić information content (AvgIpc) is 2.21. The molecule has 0 unspecified atom stereocenters. The van der Waals surface area contributed by atoms with Crippen LogP contribution in [0.25, 0.3) is 0 Å². The summed E-state index contributed by atoms with van der Waals surface area (Å²) in [7, 11) is 0. The number of amides is 1. The molecule has 1 rings (SSSR count). The van der Waals surface area contributed by atoms with Gasteiger partial charge in [-0.15, -0.1) is 0 Å². The molecule has 0 fully saturated rings. The molecule has 0 aliphatic rings. The van der Waals surface area contributed by atoms with Crippen LogP contribution in [0.1, 0.15) is 25.8 Å². The highest BCUT2D eigenvalue weighted by Crippen LogP contribution is 2.09. The molecule has 1 aromatic rings. The van der Waals surface area contributed by atoms with Crippen molar-refractivity contribution < 1.29 is 4.79 Å². The van der Waals surface area contributed by atoms with E-state index in [0.717, 1.165) is 12.0 Å². The van der Waals surface area contributed by atoms with Gasteiger partial charge in [0.2, 0.25) is 5.91 Å². The van der Waals surface area contributed by atoms with Gasteiger partial charge in [-0.05, 0) is 31.0 Å². The van der Waals surface area contributed by atoms with Crippen LogP contribution in [0.4, 0.5) is 0 Å². The van der Waals surface area contributed by atoms with Gasteiger partial charge in [0.05, 0.1) is 6.42 Å². The van der Waals surface area contributed by atoms with Gasteiger partial charge in [-0.3, -0.25) is 4.79 Å². The first-order valence-electron chi connectivity index (χ1n) is 5.15. The van der Waals surface area contributed by atoms with Gasteiger partial charge in [-0.25, -0.2) is 0 Å². The highest BCUT2D eigenvalue weighted by Gasteiger charge is 2.05. The van der Waals surface area contributed by atoms with Crippen molar-refractivity contribution in [3.63, 3.8) is 0 Å². The summed E-state index contributed by atoms with van der Waals surface area (Å²) in [6.45, 7) is 4.05. The highest BCUT2D eigenvalue weighted by atomic mass is 35.5. The minimum absolute atomic E-state index is 0.0617. The number of halogens is 1. The van der Waals surface area contributed by atoms with E-state index < -0.39 is 0 Å². The van der Waals surface area contributed by atoms with Crippen molar-refractivity contribution in [3.8, 4) is 0 Å². The molecule has 0 saturated heterocycles. The van der Waals surface area contributed by atoms with E-state index in [0.29, 0.717) is 11.4 Å². The van der Waals surface area contributed by atoms with Gasteiger partial charge in [-0.1, -0.05) is 30.7 Å². The summed E-state index contributed by atoms with van der Waals surface area (Å²) in [5.74, 6) is 0.0617. The van der Waals surface area contributed by atoms with Crippen LogP contribution in [0, 0.1) is 0 Å². The molecule has 2 nitrogen and oxygen atoms in total. The van der Waals surface area contributed by atoms with E-state index in [1.54, 1.807) is 12.1 Å². The number of hydrogen-bond donors (Lipinski definition) is 1. The smallest absolute Gasteiger partial charge is 0.224 e. The maximum Gasteiger partial charge on any atom is 0.224 e. The molecule has 15 heavy (non-hydrogen) atoms. The van der Waals surface area contributed by atoms with E-state index in [1.807, 2.05) is 26.0 Å². The van der Waals surface area contributed by atoms with Crippen LogP contribution in [0.5, 0.6) is 0 Å². The predicted molar refractivity (Wildman–Crippen MR) is 63.1 cm³/mol. The Kier molecular flexibility index (Phi) is 4.63. The lowest BCUT2D eigenvalue weighted by atomic mass is 10.1. The van der Waals surface area contributed by atoms with Crippen LogP contribution in [-0.2, 0) is 11.2 Å². The Labute approximate surface area is 95.6 Å². The topological polar surface area (TPSA) is 29.1 Å². The molecule has 0 radical (unpaired) electrons. The molecular formula is C12H16ClNO. The first kappa shape index (κ1) is 12.1. The molecule has 1 aromatic carbocycles. The van der Waals surface area contributed by atoms with Crippen molar-refractivity contribution in [1.82, 2.24) is 5.32 Å². The number of carbonyl (C=O) groups excluding carboxylic acids is 1. The van der Waals surface area contributed by atoms with Gasteiger partial charge in [0.15, 0.2) is 0 Å². The van der Waals surface area contributed by atoms with Crippen LogP contribution in [0.15, 0.2) is 24.3 Å². The minimum Gasteiger partial charge on any atom is -0.353 e. The molecule has 0 spiro atoms. The number of rotatable bonds is 4. The van der Waals surface area contributed by atoms with Crippen LogP contribution >= 0.6 is 11.6 Å². The van der Waals surface area contributed by atoms with Crippen LogP contribution in [-0.4, -0.2) is 11.9 Å². The monoisotopic (exact) mass is 225 g/mol. The van der Waals surface area contributed by atoms with Gasteiger partial charge in [0.25, 0.3) is 0 Å². The van der Waals surface area contributed by atoms with Gasteiger partial charge >= 0.3 is 0 Å². The molecule has 0 heterocycles. The zero-order valence-electron chi connectivity index (χ0n) is 9.09. The third-order valence-electron chi connectivity index (χ3n) is 2.30. The molecule has 0 bridgehead atoms.